The Hall–Kier alpha value is -3.53. The lowest BCUT2D eigenvalue weighted by atomic mass is 10.2. The third kappa shape index (κ3) is 3.66. The molecule has 0 aliphatic carbocycles. The van der Waals surface area contributed by atoms with Gasteiger partial charge in [-0.15, -0.1) is 10.2 Å². The number of amides is 1. The summed E-state index contributed by atoms with van der Waals surface area (Å²) in [6.45, 7) is 2.82. The molecule has 0 radical (unpaired) electrons. The first-order valence-corrected chi connectivity index (χ1v) is 11.3. The smallest absolute Gasteiger partial charge is 0.262 e. The molecule has 0 saturated carbocycles. The zero-order valence-corrected chi connectivity index (χ0v) is 18.2. The number of aromatic nitrogens is 4. The van der Waals surface area contributed by atoms with Crippen LogP contribution in [0.3, 0.4) is 0 Å². The molecule has 2 aromatic carbocycles. The third-order valence-corrected chi connectivity index (χ3v) is 6.13. The Bertz CT molecular complexity index is 1380. The van der Waals surface area contributed by atoms with Crippen LogP contribution in [0, 0.1) is 0 Å². The Labute approximate surface area is 187 Å². The monoisotopic (exact) mass is 451 g/mol. The van der Waals surface area contributed by atoms with Gasteiger partial charge in [0, 0.05) is 18.3 Å². The maximum absolute atomic E-state index is 13.0. The van der Waals surface area contributed by atoms with Crippen LogP contribution in [0.5, 0.6) is 11.5 Å². The van der Waals surface area contributed by atoms with Crippen LogP contribution in [0.1, 0.15) is 19.8 Å². The molecule has 1 aliphatic rings. The van der Waals surface area contributed by atoms with Crippen molar-refractivity contribution in [2.24, 2.45) is 0 Å². The van der Waals surface area contributed by atoms with E-state index in [0.29, 0.717) is 40.1 Å². The maximum Gasteiger partial charge on any atom is 0.262 e. The zero-order valence-electron chi connectivity index (χ0n) is 17.4. The van der Waals surface area contributed by atoms with Crippen molar-refractivity contribution in [2.45, 2.75) is 31.5 Å². The number of unbranched alkanes of at least 4 members (excludes halogenated alkanes) is 1. The second-order valence-electron chi connectivity index (χ2n) is 7.35. The van der Waals surface area contributed by atoms with Crippen molar-refractivity contribution in [2.75, 3.05) is 17.9 Å². The fourth-order valence-corrected chi connectivity index (χ4v) is 4.39. The zero-order chi connectivity index (χ0) is 22.1. The van der Waals surface area contributed by atoms with Crippen LogP contribution in [-0.4, -0.2) is 37.6 Å². The molecule has 0 unspecified atom stereocenters. The van der Waals surface area contributed by atoms with Gasteiger partial charge in [0.25, 0.3) is 5.56 Å². The number of nitrogens with one attached hydrogen (secondary N) is 1. The van der Waals surface area contributed by atoms with Gasteiger partial charge in [-0.1, -0.05) is 37.2 Å². The molecule has 0 spiro atoms. The lowest BCUT2D eigenvalue weighted by Crippen LogP contribution is -2.23. The second-order valence-corrected chi connectivity index (χ2v) is 8.29. The average molecular weight is 452 g/mol. The molecule has 0 fully saturated rings. The number of benzene rings is 2. The molecular formula is C22H21N5O4S. The molecular weight excluding hydrogens is 430 g/mol. The van der Waals surface area contributed by atoms with Crippen LogP contribution in [0.15, 0.2) is 52.4 Å². The average Bonchev–Trinajstić information content (AvgIpc) is 3.44. The number of para-hydroxylation sites is 1. The summed E-state index contributed by atoms with van der Waals surface area (Å²) >= 11 is 1.27. The number of thioether (sulfide) groups is 1. The molecule has 0 bridgehead atoms. The van der Waals surface area contributed by atoms with E-state index in [4.69, 9.17) is 9.47 Å². The molecule has 0 atom stereocenters. The topological polar surface area (TPSA) is 99.8 Å². The van der Waals surface area contributed by atoms with Gasteiger partial charge in [-0.2, -0.15) is 0 Å². The highest BCUT2D eigenvalue weighted by Gasteiger charge is 2.18. The Balaban J connectivity index is 1.41. The predicted molar refractivity (Wildman–Crippen MR) is 122 cm³/mol. The molecule has 5 rings (SSSR count). The van der Waals surface area contributed by atoms with Gasteiger partial charge < -0.3 is 14.8 Å². The minimum Gasteiger partial charge on any atom is -0.454 e. The normalized spacial score (nSPS) is 12.5. The molecule has 1 N–H and O–H groups in total. The molecule has 2 aromatic heterocycles. The molecule has 9 nitrogen and oxygen atoms in total. The van der Waals surface area contributed by atoms with Crippen LogP contribution in [0.25, 0.3) is 16.7 Å². The van der Waals surface area contributed by atoms with Crippen LogP contribution < -0.4 is 20.3 Å². The third-order valence-electron chi connectivity index (χ3n) is 5.20. The molecule has 32 heavy (non-hydrogen) atoms. The number of hydrogen-bond donors (Lipinski definition) is 1. The lowest BCUT2D eigenvalue weighted by Gasteiger charge is -2.11. The summed E-state index contributed by atoms with van der Waals surface area (Å²) in [7, 11) is 0. The molecule has 10 heteroatoms. The Morgan fingerprint density at radius 2 is 2.00 bits per heavy atom. The van der Waals surface area contributed by atoms with E-state index in [0.717, 1.165) is 18.4 Å². The summed E-state index contributed by atoms with van der Waals surface area (Å²) in [6.07, 6.45) is 1.82. The number of aryl methyl sites for hydroxylation is 1. The largest absolute Gasteiger partial charge is 0.454 e. The van der Waals surface area contributed by atoms with E-state index in [1.807, 2.05) is 22.6 Å². The predicted octanol–water partition coefficient (Wildman–Crippen LogP) is 3.30. The Kier molecular flexibility index (Phi) is 5.44. The highest BCUT2D eigenvalue weighted by atomic mass is 32.2. The van der Waals surface area contributed by atoms with Crippen LogP contribution in [-0.2, 0) is 11.3 Å². The van der Waals surface area contributed by atoms with Crippen molar-refractivity contribution < 1.29 is 14.3 Å². The standard InChI is InChI=1S/C22H21N5O4S/c1-2-3-10-26-20(29)15-6-4-5-7-16(15)27-21(26)24-25-22(27)32-12-19(28)23-14-8-9-17-18(11-14)31-13-30-17/h4-9,11H,2-3,10,12-13H2,1H3,(H,23,28). The van der Waals surface area contributed by atoms with E-state index in [9.17, 15) is 9.59 Å². The van der Waals surface area contributed by atoms with Gasteiger partial charge in [0.05, 0.1) is 16.7 Å². The molecule has 0 saturated heterocycles. The number of carbonyl (C=O) groups excluding carboxylic acids is 1. The summed E-state index contributed by atoms with van der Waals surface area (Å²) < 4.78 is 14.2. The van der Waals surface area contributed by atoms with Crippen molar-refractivity contribution in [1.82, 2.24) is 19.2 Å². The Morgan fingerprint density at radius 1 is 1.16 bits per heavy atom. The minimum atomic E-state index is -0.186. The number of fused-ring (bicyclic) bond motifs is 4. The summed E-state index contributed by atoms with van der Waals surface area (Å²) in [5, 5.41) is 12.6. The lowest BCUT2D eigenvalue weighted by molar-refractivity contribution is -0.113. The first kappa shape index (κ1) is 20.4. The summed E-state index contributed by atoms with van der Waals surface area (Å²) in [5.74, 6) is 1.70. The quantitative estimate of drug-likeness (QED) is 0.430. The van der Waals surface area contributed by atoms with E-state index >= 15 is 0 Å². The molecule has 1 amide bonds. The first-order chi connectivity index (χ1) is 15.7. The molecule has 4 aromatic rings. The van der Waals surface area contributed by atoms with Gasteiger partial charge in [0.2, 0.25) is 18.5 Å². The van der Waals surface area contributed by atoms with E-state index in [-0.39, 0.29) is 24.0 Å². The van der Waals surface area contributed by atoms with Crippen molar-refractivity contribution in [3.8, 4) is 11.5 Å². The van der Waals surface area contributed by atoms with E-state index in [2.05, 4.69) is 22.4 Å². The first-order valence-electron chi connectivity index (χ1n) is 10.3. The van der Waals surface area contributed by atoms with Crippen LogP contribution in [0.4, 0.5) is 5.69 Å². The van der Waals surface area contributed by atoms with Crippen molar-refractivity contribution in [1.29, 1.82) is 0 Å². The number of hydrogen-bond acceptors (Lipinski definition) is 7. The van der Waals surface area contributed by atoms with Gasteiger partial charge >= 0.3 is 0 Å². The summed E-state index contributed by atoms with van der Waals surface area (Å²) in [4.78, 5) is 25.6. The van der Waals surface area contributed by atoms with Gasteiger partial charge in [0.15, 0.2) is 16.7 Å². The fraction of sp³-hybridized carbons (Fsp3) is 0.273. The van der Waals surface area contributed by atoms with E-state index in [1.165, 1.54) is 11.8 Å². The van der Waals surface area contributed by atoms with E-state index in [1.54, 1.807) is 28.8 Å². The number of anilines is 1. The highest BCUT2D eigenvalue weighted by molar-refractivity contribution is 7.99. The number of nitrogens with zero attached hydrogens (tertiary/aromatic N) is 4. The molecule has 164 valence electrons. The van der Waals surface area contributed by atoms with Gasteiger partial charge in [0.1, 0.15) is 0 Å². The summed E-state index contributed by atoms with van der Waals surface area (Å²) in [6, 6.07) is 12.7. The molecule has 1 aliphatic heterocycles. The Morgan fingerprint density at radius 3 is 2.88 bits per heavy atom. The van der Waals surface area contributed by atoms with Crippen molar-refractivity contribution in [3.63, 3.8) is 0 Å². The minimum absolute atomic E-state index is 0.0777. The highest BCUT2D eigenvalue weighted by Crippen LogP contribution is 2.34. The second kappa shape index (κ2) is 8.54. The number of rotatable bonds is 7. The molecule has 3 heterocycles. The van der Waals surface area contributed by atoms with Crippen molar-refractivity contribution in [3.05, 3.63) is 52.8 Å². The fourth-order valence-electron chi connectivity index (χ4n) is 3.65. The van der Waals surface area contributed by atoms with Crippen LogP contribution >= 0.6 is 11.8 Å². The van der Waals surface area contributed by atoms with Gasteiger partial charge in [-0.05, 0) is 30.7 Å². The number of ether oxygens (including phenoxy) is 2. The van der Waals surface area contributed by atoms with Gasteiger partial charge in [-0.3, -0.25) is 18.6 Å². The summed E-state index contributed by atoms with van der Waals surface area (Å²) in [5.41, 5.74) is 1.28. The van der Waals surface area contributed by atoms with E-state index < -0.39 is 0 Å². The van der Waals surface area contributed by atoms with Crippen molar-refractivity contribution >= 4 is 40.0 Å². The maximum atomic E-state index is 13.0. The van der Waals surface area contributed by atoms with Gasteiger partial charge in [-0.25, -0.2) is 0 Å². The van der Waals surface area contributed by atoms with Crippen LogP contribution in [0.2, 0.25) is 0 Å². The SMILES string of the molecule is CCCCn1c(=O)c2ccccc2n2c(SCC(=O)Nc3ccc4c(c3)OCO4)nnc12. The number of carbonyl (C=O) groups is 1.